The van der Waals surface area contributed by atoms with Gasteiger partial charge in [-0.05, 0) is 60.9 Å². The van der Waals surface area contributed by atoms with Crippen molar-refractivity contribution in [2.45, 2.75) is 25.1 Å². The van der Waals surface area contributed by atoms with Gasteiger partial charge in [-0.1, -0.05) is 24.3 Å². The smallest absolute Gasteiger partial charge is 0.262 e. The van der Waals surface area contributed by atoms with E-state index in [-0.39, 0.29) is 34.8 Å². The normalized spacial score (nSPS) is 18.4. The summed E-state index contributed by atoms with van der Waals surface area (Å²) in [5, 5.41) is 7.61. The Bertz CT molecular complexity index is 1880. The molecule has 0 radical (unpaired) electrons. The van der Waals surface area contributed by atoms with E-state index in [4.69, 9.17) is 0 Å². The molecule has 2 amide bonds. The first-order valence-electron chi connectivity index (χ1n) is 13.2. The van der Waals surface area contributed by atoms with Crippen molar-refractivity contribution in [2.24, 2.45) is 0 Å². The van der Waals surface area contributed by atoms with Gasteiger partial charge in [-0.2, -0.15) is 9.61 Å². The van der Waals surface area contributed by atoms with Crippen molar-refractivity contribution >= 4 is 34.5 Å². The fourth-order valence-electron chi connectivity index (χ4n) is 5.54. The lowest BCUT2D eigenvalue weighted by molar-refractivity contribution is 0.0532. The van der Waals surface area contributed by atoms with E-state index >= 15 is 4.39 Å². The Morgan fingerprint density at radius 2 is 1.60 bits per heavy atom. The average Bonchev–Trinajstić information content (AvgIpc) is 3.51. The number of amides is 2. The molecule has 42 heavy (non-hydrogen) atoms. The second-order valence-corrected chi connectivity index (χ2v) is 10.0. The van der Waals surface area contributed by atoms with Crippen LogP contribution in [0, 0.1) is 11.6 Å². The Morgan fingerprint density at radius 3 is 2.33 bits per heavy atom. The zero-order valence-electron chi connectivity index (χ0n) is 21.8. The van der Waals surface area contributed by atoms with E-state index < -0.39 is 35.7 Å². The van der Waals surface area contributed by atoms with Gasteiger partial charge in [0.1, 0.15) is 17.8 Å². The number of carbonyl (C=O) groups excluding carboxylic acids is 2. The van der Waals surface area contributed by atoms with Crippen LogP contribution in [0.4, 0.5) is 24.8 Å². The third-order valence-electron chi connectivity index (χ3n) is 7.57. The molecule has 4 heterocycles. The van der Waals surface area contributed by atoms with Crippen LogP contribution < -0.4 is 5.32 Å². The lowest BCUT2D eigenvalue weighted by Crippen LogP contribution is -2.45. The van der Waals surface area contributed by atoms with Crippen molar-refractivity contribution in [2.75, 3.05) is 5.32 Å². The van der Waals surface area contributed by atoms with Crippen LogP contribution in [-0.4, -0.2) is 48.5 Å². The summed E-state index contributed by atoms with van der Waals surface area (Å²) in [4.78, 5) is 35.8. The van der Waals surface area contributed by atoms with Gasteiger partial charge in [0, 0.05) is 11.8 Å². The molecule has 3 aromatic heterocycles. The Kier molecular flexibility index (Phi) is 6.07. The molecule has 0 bridgehead atoms. The number of rotatable bonds is 5. The highest BCUT2D eigenvalue weighted by Crippen LogP contribution is 2.37. The van der Waals surface area contributed by atoms with Crippen molar-refractivity contribution in [1.29, 1.82) is 0 Å². The molecule has 1 aliphatic carbocycles. The monoisotopic (exact) mass is 566 g/mol. The summed E-state index contributed by atoms with van der Waals surface area (Å²) in [6, 6.07) is 13.9. The highest BCUT2D eigenvalue weighted by molar-refractivity contribution is 6.21. The number of aromatic nitrogens is 4. The van der Waals surface area contributed by atoms with Crippen molar-refractivity contribution in [1.82, 2.24) is 24.5 Å². The summed E-state index contributed by atoms with van der Waals surface area (Å²) < 4.78 is 45.6. The number of fused-ring (bicyclic) bond motifs is 2. The SMILES string of the molecule is O=C1c2ccccc2C(=O)N1[C@@H]1C=C(c2ccncc2Nc2ncc3ccc(-c4c(F)cccc4F)nn23)CC[C@H]1F. The predicted octanol–water partition coefficient (Wildman–Crippen LogP) is 5.99. The molecule has 8 nitrogen and oxygen atoms in total. The van der Waals surface area contributed by atoms with Crippen LogP contribution >= 0.6 is 0 Å². The van der Waals surface area contributed by atoms with Crippen LogP contribution in [0.1, 0.15) is 39.1 Å². The van der Waals surface area contributed by atoms with Gasteiger partial charge in [-0.15, -0.1) is 0 Å². The Hall–Kier alpha value is -5.32. The summed E-state index contributed by atoms with van der Waals surface area (Å²) in [7, 11) is 0. The van der Waals surface area contributed by atoms with Crippen LogP contribution in [0.2, 0.25) is 0 Å². The topological polar surface area (TPSA) is 92.5 Å². The molecule has 11 heteroatoms. The maximum Gasteiger partial charge on any atom is 0.262 e. The van der Waals surface area contributed by atoms with E-state index in [9.17, 15) is 18.4 Å². The summed E-state index contributed by atoms with van der Waals surface area (Å²) in [5.41, 5.74) is 2.83. The van der Waals surface area contributed by atoms with E-state index in [0.717, 1.165) is 22.6 Å². The van der Waals surface area contributed by atoms with E-state index in [1.807, 2.05) is 0 Å². The predicted molar refractivity (Wildman–Crippen MR) is 149 cm³/mol. The highest BCUT2D eigenvalue weighted by Gasteiger charge is 2.43. The number of nitrogens with zero attached hydrogens (tertiary/aromatic N) is 5. The number of benzene rings is 2. The van der Waals surface area contributed by atoms with E-state index in [1.54, 1.807) is 61.1 Å². The molecule has 0 spiro atoms. The van der Waals surface area contributed by atoms with Gasteiger partial charge < -0.3 is 5.32 Å². The third kappa shape index (κ3) is 4.12. The second kappa shape index (κ2) is 9.95. The van der Waals surface area contributed by atoms with Gasteiger partial charge in [0.15, 0.2) is 0 Å². The van der Waals surface area contributed by atoms with Gasteiger partial charge in [-0.25, -0.2) is 18.2 Å². The zero-order chi connectivity index (χ0) is 29.0. The Labute approximate surface area is 237 Å². The Morgan fingerprint density at radius 1 is 0.857 bits per heavy atom. The standard InChI is InChI=1S/C31H21F3N6O2/c32-22-10-8-17(14-27(22)39-29(41)20-4-1-2-5-21(20)30(39)42)19-12-13-35-16-26(19)37-31-36-15-18-9-11-25(38-40(18)31)28-23(33)6-3-7-24(28)34/h1-7,9,11-16,22,27H,8,10H2,(H,36,37)/t22-,27-/m1/s1. The number of hydrogen-bond acceptors (Lipinski definition) is 6. The molecule has 1 aliphatic heterocycles. The maximum atomic E-state index is 15.3. The van der Waals surface area contributed by atoms with Crippen LogP contribution in [0.25, 0.3) is 22.3 Å². The number of pyridine rings is 1. The number of anilines is 2. The number of carbonyl (C=O) groups is 2. The molecule has 0 unspecified atom stereocenters. The quantitative estimate of drug-likeness (QED) is 0.263. The van der Waals surface area contributed by atoms with Crippen molar-refractivity contribution < 1.29 is 22.8 Å². The van der Waals surface area contributed by atoms with Gasteiger partial charge in [0.2, 0.25) is 5.95 Å². The van der Waals surface area contributed by atoms with Crippen molar-refractivity contribution in [3.63, 3.8) is 0 Å². The zero-order valence-corrected chi connectivity index (χ0v) is 21.8. The van der Waals surface area contributed by atoms with Gasteiger partial charge in [0.05, 0.1) is 52.0 Å². The lowest BCUT2D eigenvalue weighted by Gasteiger charge is -2.31. The fraction of sp³-hybridized carbons (Fsp3) is 0.129. The number of allylic oxidation sites excluding steroid dienone is 1. The average molecular weight is 567 g/mol. The first kappa shape index (κ1) is 25.6. The first-order chi connectivity index (χ1) is 20.4. The number of imide groups is 1. The molecule has 0 fully saturated rings. The minimum atomic E-state index is -1.42. The maximum absolute atomic E-state index is 15.3. The summed E-state index contributed by atoms with van der Waals surface area (Å²) in [6.45, 7) is 0. The van der Waals surface area contributed by atoms with Crippen molar-refractivity contribution in [3.8, 4) is 11.3 Å². The van der Waals surface area contributed by atoms with Crippen LogP contribution in [0.15, 0.2) is 85.3 Å². The number of alkyl halides is 1. The van der Waals surface area contributed by atoms with Crippen molar-refractivity contribution in [3.05, 3.63) is 114 Å². The van der Waals surface area contributed by atoms with Gasteiger partial charge >= 0.3 is 0 Å². The molecule has 7 rings (SSSR count). The Balaban J connectivity index is 1.24. The van der Waals surface area contributed by atoms with Crippen LogP contribution in [0.5, 0.6) is 0 Å². The molecule has 0 saturated heterocycles. The molecule has 208 valence electrons. The number of halogens is 3. The largest absolute Gasteiger partial charge is 0.322 e. The molecular weight excluding hydrogens is 545 g/mol. The van der Waals surface area contributed by atoms with E-state index in [0.29, 0.717) is 23.2 Å². The molecule has 2 aliphatic rings. The lowest BCUT2D eigenvalue weighted by atomic mass is 9.88. The van der Waals surface area contributed by atoms with Gasteiger partial charge in [-0.3, -0.25) is 19.5 Å². The highest BCUT2D eigenvalue weighted by atomic mass is 19.1. The molecule has 2 aromatic carbocycles. The van der Waals surface area contributed by atoms with Gasteiger partial charge in [0.25, 0.3) is 11.8 Å². The molecular formula is C31H21F3N6O2. The molecule has 1 N–H and O–H groups in total. The first-order valence-corrected chi connectivity index (χ1v) is 13.2. The van der Waals surface area contributed by atoms with Crippen LogP contribution in [-0.2, 0) is 0 Å². The third-order valence-corrected chi connectivity index (χ3v) is 7.57. The summed E-state index contributed by atoms with van der Waals surface area (Å²) in [5.74, 6) is -2.27. The molecule has 2 atom stereocenters. The number of nitrogens with one attached hydrogen (secondary N) is 1. The molecule has 0 saturated carbocycles. The summed E-state index contributed by atoms with van der Waals surface area (Å²) >= 11 is 0. The minimum Gasteiger partial charge on any atom is -0.322 e. The van der Waals surface area contributed by atoms with E-state index in [1.165, 1.54) is 16.6 Å². The number of hydrogen-bond donors (Lipinski definition) is 1. The van der Waals surface area contributed by atoms with E-state index in [2.05, 4.69) is 20.4 Å². The van der Waals surface area contributed by atoms with Crippen LogP contribution in [0.3, 0.4) is 0 Å². The minimum absolute atomic E-state index is 0.0818. The summed E-state index contributed by atoms with van der Waals surface area (Å²) in [6.07, 6.45) is 5.37. The molecule has 5 aromatic rings. The number of imidazole rings is 1. The second-order valence-electron chi connectivity index (χ2n) is 10.0. The fourth-order valence-corrected chi connectivity index (χ4v) is 5.54.